The summed E-state index contributed by atoms with van der Waals surface area (Å²) in [5.41, 5.74) is 9.40. The van der Waals surface area contributed by atoms with Gasteiger partial charge < -0.3 is 21.7 Å². The van der Waals surface area contributed by atoms with Gasteiger partial charge in [-0.05, 0) is 68.1 Å². The Morgan fingerprint density at radius 3 is 2.71 bits per heavy atom. The lowest BCUT2D eigenvalue weighted by Gasteiger charge is -2.23. The van der Waals surface area contributed by atoms with E-state index in [-0.39, 0.29) is 12.4 Å². The van der Waals surface area contributed by atoms with Crippen molar-refractivity contribution in [2.45, 2.75) is 38.9 Å². The van der Waals surface area contributed by atoms with E-state index in [0.717, 1.165) is 43.3 Å². The Balaban J connectivity index is 0.00000280. The van der Waals surface area contributed by atoms with Gasteiger partial charge in [0, 0.05) is 42.4 Å². The molecule has 5 N–H and O–H groups in total. The van der Waals surface area contributed by atoms with Crippen molar-refractivity contribution in [2.24, 2.45) is 5.92 Å². The Labute approximate surface area is 179 Å². The van der Waals surface area contributed by atoms with Gasteiger partial charge in [-0.25, -0.2) is 4.98 Å². The summed E-state index contributed by atoms with van der Waals surface area (Å²) in [6, 6.07) is 12.9. The molecule has 2 aromatic rings. The van der Waals surface area contributed by atoms with Crippen LogP contribution in [-0.2, 0) is 13.0 Å². The molecule has 3 atom stereocenters. The second kappa shape index (κ2) is 11.0. The van der Waals surface area contributed by atoms with E-state index in [4.69, 9.17) is 17.3 Å². The lowest BCUT2D eigenvalue weighted by Crippen LogP contribution is -2.44. The predicted octanol–water partition coefficient (Wildman–Crippen LogP) is 2.95. The Morgan fingerprint density at radius 2 is 2.00 bits per heavy atom. The molecule has 2 heterocycles. The molecule has 1 fully saturated rings. The maximum absolute atomic E-state index is 5.94. The third kappa shape index (κ3) is 6.90. The van der Waals surface area contributed by atoms with Crippen molar-refractivity contribution in [3.63, 3.8) is 0 Å². The number of nitrogen functional groups attached to an aromatic ring is 1. The van der Waals surface area contributed by atoms with E-state index in [1.807, 2.05) is 18.2 Å². The van der Waals surface area contributed by atoms with E-state index in [1.165, 1.54) is 11.1 Å². The van der Waals surface area contributed by atoms with E-state index < -0.39 is 0 Å². The predicted molar refractivity (Wildman–Crippen MR) is 120 cm³/mol. The molecular formula is C21H31Cl2N5. The van der Waals surface area contributed by atoms with Gasteiger partial charge in [0.05, 0.1) is 0 Å². The quantitative estimate of drug-likeness (QED) is 0.525. The van der Waals surface area contributed by atoms with Crippen molar-refractivity contribution >= 4 is 29.8 Å². The van der Waals surface area contributed by atoms with E-state index in [9.17, 15) is 0 Å². The standard InChI is InChI=1S/C21H30ClN5.ClH/c1-14-7-19(27-21(23)8-14)9-17-12-24-13-20(17)26-10-15(2)25-11-16-3-5-18(22)6-4-16;/h3-8,15,17,20,24-26H,9-13H2,1-2H3,(H2,23,27);1H/t15-,17-,20-;/m0./s1. The van der Waals surface area contributed by atoms with Crippen LogP contribution < -0.4 is 21.7 Å². The summed E-state index contributed by atoms with van der Waals surface area (Å²) < 4.78 is 0. The number of aryl methyl sites for hydroxylation is 1. The second-order valence-electron chi connectivity index (χ2n) is 7.61. The number of halogens is 2. The average Bonchev–Trinajstić information content (AvgIpc) is 3.05. The van der Waals surface area contributed by atoms with Crippen LogP contribution in [0, 0.1) is 12.8 Å². The fraction of sp³-hybridized carbons (Fsp3) is 0.476. The summed E-state index contributed by atoms with van der Waals surface area (Å²) in [5, 5.41) is 11.6. The number of nitrogens with zero attached hydrogens (tertiary/aromatic N) is 1. The van der Waals surface area contributed by atoms with Gasteiger partial charge in [0.25, 0.3) is 0 Å². The topological polar surface area (TPSA) is 75.0 Å². The first-order chi connectivity index (χ1) is 13.0. The van der Waals surface area contributed by atoms with Crippen molar-refractivity contribution in [3.8, 4) is 0 Å². The van der Waals surface area contributed by atoms with E-state index >= 15 is 0 Å². The smallest absolute Gasteiger partial charge is 0.123 e. The van der Waals surface area contributed by atoms with E-state index in [1.54, 1.807) is 0 Å². The number of hydrogen-bond acceptors (Lipinski definition) is 5. The summed E-state index contributed by atoms with van der Waals surface area (Å²) in [6.07, 6.45) is 0.948. The van der Waals surface area contributed by atoms with E-state index in [2.05, 4.69) is 53.0 Å². The molecule has 0 spiro atoms. The SMILES string of the molecule is Cc1cc(N)nc(C[C@H]2CNC[C@@H]2NC[C@H](C)NCc2ccc(Cl)cc2)c1.Cl. The van der Waals surface area contributed by atoms with Gasteiger partial charge >= 0.3 is 0 Å². The molecule has 0 aliphatic carbocycles. The first-order valence-corrected chi connectivity index (χ1v) is 10.0. The van der Waals surface area contributed by atoms with Gasteiger partial charge in [-0.2, -0.15) is 0 Å². The second-order valence-corrected chi connectivity index (χ2v) is 8.04. The summed E-state index contributed by atoms with van der Waals surface area (Å²) in [4.78, 5) is 4.50. The first kappa shape index (κ1) is 22.9. The molecule has 154 valence electrons. The number of aromatic nitrogens is 1. The molecule has 5 nitrogen and oxygen atoms in total. The number of rotatable bonds is 8. The fourth-order valence-electron chi connectivity index (χ4n) is 3.62. The summed E-state index contributed by atoms with van der Waals surface area (Å²) in [7, 11) is 0. The molecule has 0 radical (unpaired) electrons. The number of hydrogen-bond donors (Lipinski definition) is 4. The van der Waals surface area contributed by atoms with Crippen LogP contribution in [0.5, 0.6) is 0 Å². The van der Waals surface area contributed by atoms with Crippen LogP contribution in [0.15, 0.2) is 36.4 Å². The minimum Gasteiger partial charge on any atom is -0.384 e. The third-order valence-electron chi connectivity index (χ3n) is 5.11. The van der Waals surface area contributed by atoms with Crippen LogP contribution in [0.3, 0.4) is 0 Å². The molecule has 0 amide bonds. The average molecular weight is 424 g/mol. The Hall–Kier alpha value is -1.37. The molecule has 1 aromatic heterocycles. The number of benzene rings is 1. The lowest BCUT2D eigenvalue weighted by molar-refractivity contribution is 0.393. The van der Waals surface area contributed by atoms with Crippen molar-refractivity contribution in [3.05, 3.63) is 58.2 Å². The summed E-state index contributed by atoms with van der Waals surface area (Å²) in [5.74, 6) is 1.14. The van der Waals surface area contributed by atoms with Gasteiger partial charge in [0.1, 0.15) is 5.82 Å². The Kier molecular flexibility index (Phi) is 8.99. The highest BCUT2D eigenvalue weighted by atomic mass is 35.5. The van der Waals surface area contributed by atoms with Gasteiger partial charge in [0.15, 0.2) is 0 Å². The number of nitrogens with one attached hydrogen (secondary N) is 3. The molecule has 1 aliphatic rings. The monoisotopic (exact) mass is 423 g/mol. The van der Waals surface area contributed by atoms with Gasteiger partial charge in [0.2, 0.25) is 0 Å². The Bertz CT molecular complexity index is 718. The molecule has 0 unspecified atom stereocenters. The largest absolute Gasteiger partial charge is 0.384 e. The van der Waals surface area contributed by atoms with Crippen molar-refractivity contribution in [2.75, 3.05) is 25.4 Å². The molecule has 3 rings (SSSR count). The molecule has 1 aliphatic heterocycles. The van der Waals surface area contributed by atoms with Gasteiger partial charge in [-0.1, -0.05) is 23.7 Å². The fourth-order valence-corrected chi connectivity index (χ4v) is 3.75. The summed E-state index contributed by atoms with van der Waals surface area (Å²) >= 11 is 5.94. The van der Waals surface area contributed by atoms with Crippen LogP contribution in [0.1, 0.15) is 23.7 Å². The highest BCUT2D eigenvalue weighted by Crippen LogP contribution is 2.17. The zero-order valence-corrected chi connectivity index (χ0v) is 18.1. The number of pyridine rings is 1. The third-order valence-corrected chi connectivity index (χ3v) is 5.36. The van der Waals surface area contributed by atoms with Crippen LogP contribution in [0.4, 0.5) is 5.82 Å². The van der Waals surface area contributed by atoms with Crippen LogP contribution in [-0.4, -0.2) is 36.7 Å². The number of anilines is 1. The highest BCUT2D eigenvalue weighted by molar-refractivity contribution is 6.30. The molecule has 1 aromatic carbocycles. The van der Waals surface area contributed by atoms with Crippen LogP contribution in [0.2, 0.25) is 5.02 Å². The van der Waals surface area contributed by atoms with Crippen LogP contribution >= 0.6 is 24.0 Å². The normalized spacial score (nSPS) is 20.0. The summed E-state index contributed by atoms with van der Waals surface area (Å²) in [6.45, 7) is 8.07. The first-order valence-electron chi connectivity index (χ1n) is 9.64. The minimum absolute atomic E-state index is 0. The molecule has 7 heteroatoms. The van der Waals surface area contributed by atoms with Crippen molar-refractivity contribution < 1.29 is 0 Å². The zero-order valence-electron chi connectivity index (χ0n) is 16.5. The van der Waals surface area contributed by atoms with E-state index in [0.29, 0.717) is 23.8 Å². The van der Waals surface area contributed by atoms with Crippen molar-refractivity contribution in [1.82, 2.24) is 20.9 Å². The Morgan fingerprint density at radius 1 is 1.25 bits per heavy atom. The molecule has 0 saturated carbocycles. The number of nitrogens with two attached hydrogens (primary N) is 1. The zero-order chi connectivity index (χ0) is 19.2. The maximum atomic E-state index is 5.94. The van der Waals surface area contributed by atoms with Gasteiger partial charge in [-0.3, -0.25) is 0 Å². The molecular weight excluding hydrogens is 393 g/mol. The van der Waals surface area contributed by atoms with Crippen molar-refractivity contribution in [1.29, 1.82) is 0 Å². The molecule has 28 heavy (non-hydrogen) atoms. The molecule has 0 bridgehead atoms. The maximum Gasteiger partial charge on any atom is 0.123 e. The molecule has 1 saturated heterocycles. The van der Waals surface area contributed by atoms with Gasteiger partial charge in [-0.15, -0.1) is 12.4 Å². The lowest BCUT2D eigenvalue weighted by atomic mass is 9.96. The highest BCUT2D eigenvalue weighted by Gasteiger charge is 2.27. The minimum atomic E-state index is 0. The van der Waals surface area contributed by atoms with Crippen LogP contribution in [0.25, 0.3) is 0 Å².